The number of carbonyl (C=O) groups is 1. The number of hydrogen-bond acceptors (Lipinski definition) is 2. The largest absolute Gasteiger partial charge is 0.288 e. The van der Waals surface area contributed by atoms with Gasteiger partial charge >= 0.3 is 0 Å². The number of hydrogen-bond donors (Lipinski definition) is 0. The zero-order chi connectivity index (χ0) is 12.0. The van der Waals surface area contributed by atoms with Gasteiger partial charge in [-0.15, -0.1) is 0 Å². The topological polar surface area (TPSA) is 17.1 Å². The minimum atomic E-state index is -2.45. The van der Waals surface area contributed by atoms with E-state index in [2.05, 4.69) is 11.8 Å². The molecule has 0 heterocycles. The molecular weight excluding hydrogens is 230 g/mol. The zero-order valence-electron chi connectivity index (χ0n) is 8.67. The molecule has 0 fully saturated rings. The number of carbonyl (C=O) groups excluding carboxylic acids is 1. The van der Waals surface area contributed by atoms with Crippen LogP contribution in [0.25, 0.3) is 0 Å². The predicted molar refractivity (Wildman–Crippen MR) is 61.4 cm³/mol. The van der Waals surface area contributed by atoms with Crippen LogP contribution in [-0.4, -0.2) is 10.9 Å². The Morgan fingerprint density at radius 1 is 1.38 bits per heavy atom. The van der Waals surface area contributed by atoms with Crippen LogP contribution in [0.5, 0.6) is 0 Å². The van der Waals surface area contributed by atoms with Crippen LogP contribution in [-0.2, 0) is 4.79 Å². The van der Waals surface area contributed by atoms with Crippen molar-refractivity contribution < 1.29 is 13.6 Å². The van der Waals surface area contributed by atoms with Gasteiger partial charge in [-0.2, -0.15) is 0 Å². The second kappa shape index (κ2) is 6.29. The maximum absolute atomic E-state index is 12.2. The highest BCUT2D eigenvalue weighted by molar-refractivity contribution is 8.13. The van der Waals surface area contributed by atoms with Crippen LogP contribution in [0, 0.1) is 11.8 Å². The highest BCUT2D eigenvalue weighted by atomic mass is 32.2. The lowest BCUT2D eigenvalue weighted by Crippen LogP contribution is -1.84. The second-order valence-electron chi connectivity index (χ2n) is 3.00. The predicted octanol–water partition coefficient (Wildman–Crippen LogP) is 3.26. The van der Waals surface area contributed by atoms with Crippen LogP contribution in [0.15, 0.2) is 24.3 Å². The third-order valence-electron chi connectivity index (χ3n) is 1.74. The molecule has 0 saturated heterocycles. The molecule has 0 aliphatic rings. The summed E-state index contributed by atoms with van der Waals surface area (Å²) in [7, 11) is 0. The Hall–Kier alpha value is -1.34. The van der Waals surface area contributed by atoms with Gasteiger partial charge in [-0.3, -0.25) is 4.79 Å². The summed E-state index contributed by atoms with van der Waals surface area (Å²) >= 11 is 1.13. The second-order valence-corrected chi connectivity index (χ2v) is 4.16. The minimum Gasteiger partial charge on any atom is -0.288 e. The van der Waals surface area contributed by atoms with Crippen LogP contribution in [0.4, 0.5) is 8.78 Å². The third-order valence-corrected chi connectivity index (χ3v) is 2.44. The van der Waals surface area contributed by atoms with Crippen molar-refractivity contribution in [3.05, 3.63) is 35.4 Å². The number of rotatable bonds is 2. The lowest BCUT2D eigenvalue weighted by Gasteiger charge is -1.97. The van der Waals surface area contributed by atoms with Crippen molar-refractivity contribution in [1.82, 2.24) is 0 Å². The van der Waals surface area contributed by atoms with E-state index < -0.39 is 6.43 Å². The SMILES string of the molecule is CC(=O)SCC#Cc1ccc(C(F)F)cc1. The van der Waals surface area contributed by atoms with Gasteiger partial charge in [-0.05, 0) is 12.1 Å². The molecule has 0 radical (unpaired) electrons. The van der Waals surface area contributed by atoms with E-state index in [0.717, 1.165) is 11.8 Å². The van der Waals surface area contributed by atoms with Crippen molar-refractivity contribution in [1.29, 1.82) is 0 Å². The summed E-state index contributed by atoms with van der Waals surface area (Å²) in [5, 5.41) is 0.0161. The van der Waals surface area contributed by atoms with E-state index in [-0.39, 0.29) is 10.7 Å². The van der Waals surface area contributed by atoms with E-state index in [9.17, 15) is 13.6 Å². The zero-order valence-corrected chi connectivity index (χ0v) is 9.48. The van der Waals surface area contributed by atoms with Gasteiger partial charge in [0, 0.05) is 18.1 Å². The summed E-state index contributed by atoms with van der Waals surface area (Å²) in [5.41, 5.74) is 0.664. The Morgan fingerprint density at radius 2 is 2.00 bits per heavy atom. The van der Waals surface area contributed by atoms with Gasteiger partial charge < -0.3 is 0 Å². The maximum atomic E-state index is 12.2. The van der Waals surface area contributed by atoms with Gasteiger partial charge in [0.25, 0.3) is 6.43 Å². The van der Waals surface area contributed by atoms with Crippen LogP contribution in [0.3, 0.4) is 0 Å². The number of alkyl halides is 2. The molecule has 0 aliphatic carbocycles. The van der Waals surface area contributed by atoms with E-state index in [0.29, 0.717) is 11.3 Å². The molecule has 0 spiro atoms. The fourth-order valence-electron chi connectivity index (χ4n) is 0.988. The van der Waals surface area contributed by atoms with E-state index >= 15 is 0 Å². The first-order valence-corrected chi connectivity index (χ1v) is 5.58. The molecular formula is C12H10F2OS. The normalized spacial score (nSPS) is 9.75. The monoisotopic (exact) mass is 240 g/mol. The Bertz CT molecular complexity index is 415. The Balaban J connectivity index is 2.58. The smallest absolute Gasteiger partial charge is 0.263 e. The molecule has 84 valence electrons. The number of halogens is 2. The van der Waals surface area contributed by atoms with Crippen molar-refractivity contribution in [2.24, 2.45) is 0 Å². The highest BCUT2D eigenvalue weighted by Crippen LogP contribution is 2.18. The summed E-state index contributed by atoms with van der Waals surface area (Å²) < 4.78 is 24.4. The molecule has 1 nitrogen and oxygen atoms in total. The van der Waals surface area contributed by atoms with E-state index in [1.54, 1.807) is 12.1 Å². The van der Waals surface area contributed by atoms with Gasteiger partial charge in [0.1, 0.15) is 0 Å². The Labute approximate surface area is 97.2 Å². The third kappa shape index (κ3) is 4.45. The van der Waals surface area contributed by atoms with E-state index in [1.807, 2.05) is 0 Å². The molecule has 0 aromatic heterocycles. The molecule has 0 aliphatic heterocycles. The first kappa shape index (κ1) is 12.7. The molecule has 0 atom stereocenters. The molecule has 1 aromatic rings. The van der Waals surface area contributed by atoms with Crippen molar-refractivity contribution in [3.63, 3.8) is 0 Å². The summed E-state index contributed by atoms with van der Waals surface area (Å²) in [6, 6.07) is 5.81. The van der Waals surface area contributed by atoms with Crippen LogP contribution >= 0.6 is 11.8 Å². The number of thioether (sulfide) groups is 1. The van der Waals surface area contributed by atoms with Crippen LogP contribution in [0.1, 0.15) is 24.5 Å². The van der Waals surface area contributed by atoms with Gasteiger partial charge in [0.05, 0.1) is 5.75 Å². The standard InChI is InChI=1S/C12H10F2OS/c1-9(15)16-8-2-3-10-4-6-11(7-5-10)12(13)14/h4-7,12H,8H2,1H3. The molecule has 1 aromatic carbocycles. The molecule has 0 N–H and O–H groups in total. The lowest BCUT2D eigenvalue weighted by molar-refractivity contribution is -0.109. The first-order chi connectivity index (χ1) is 7.59. The molecule has 0 amide bonds. The van der Waals surface area contributed by atoms with Gasteiger partial charge in [-0.1, -0.05) is 35.7 Å². The fourth-order valence-corrected chi connectivity index (χ4v) is 1.34. The first-order valence-electron chi connectivity index (χ1n) is 4.60. The molecule has 4 heteroatoms. The highest BCUT2D eigenvalue weighted by Gasteiger charge is 2.04. The average Bonchev–Trinajstić information content (AvgIpc) is 2.25. The molecule has 0 unspecified atom stereocenters. The molecule has 0 bridgehead atoms. The van der Waals surface area contributed by atoms with Gasteiger partial charge in [0.15, 0.2) is 5.12 Å². The van der Waals surface area contributed by atoms with Crippen LogP contribution in [0.2, 0.25) is 0 Å². The van der Waals surface area contributed by atoms with Crippen LogP contribution < -0.4 is 0 Å². The molecule has 0 saturated carbocycles. The number of benzene rings is 1. The van der Waals surface area contributed by atoms with Crippen molar-refractivity contribution in [2.45, 2.75) is 13.3 Å². The molecule has 16 heavy (non-hydrogen) atoms. The summed E-state index contributed by atoms with van der Waals surface area (Å²) in [6.45, 7) is 1.48. The summed E-state index contributed by atoms with van der Waals surface area (Å²) in [4.78, 5) is 10.6. The van der Waals surface area contributed by atoms with E-state index in [4.69, 9.17) is 0 Å². The maximum Gasteiger partial charge on any atom is 0.263 e. The van der Waals surface area contributed by atoms with E-state index in [1.165, 1.54) is 19.1 Å². The van der Waals surface area contributed by atoms with Gasteiger partial charge in [-0.25, -0.2) is 8.78 Å². The quantitative estimate of drug-likeness (QED) is 0.738. The van der Waals surface area contributed by atoms with Crippen molar-refractivity contribution >= 4 is 16.9 Å². The minimum absolute atomic E-state index is 0.0105. The average molecular weight is 240 g/mol. The Kier molecular flexibility index (Phi) is 5.00. The summed E-state index contributed by atoms with van der Waals surface area (Å²) in [5.74, 6) is 6.01. The van der Waals surface area contributed by atoms with Gasteiger partial charge in [0.2, 0.25) is 0 Å². The molecule has 1 rings (SSSR count). The lowest BCUT2D eigenvalue weighted by atomic mass is 10.1. The van der Waals surface area contributed by atoms with Crippen molar-refractivity contribution in [3.8, 4) is 11.8 Å². The Morgan fingerprint density at radius 3 is 2.50 bits per heavy atom. The van der Waals surface area contributed by atoms with Crippen molar-refractivity contribution in [2.75, 3.05) is 5.75 Å². The summed E-state index contributed by atoms with van der Waals surface area (Å²) in [6.07, 6.45) is -2.45. The fraction of sp³-hybridized carbons (Fsp3) is 0.250.